The molecular formula is C17H18N4O3S2. The summed E-state index contributed by atoms with van der Waals surface area (Å²) in [6, 6.07) is 9.23. The zero-order valence-electron chi connectivity index (χ0n) is 14.0. The zero-order chi connectivity index (χ0) is 18.0. The van der Waals surface area contributed by atoms with Gasteiger partial charge in [0, 0.05) is 37.4 Å². The SMILES string of the molecule is O=S(=O)(c1ccc(SCc2cn3ccccc3n2)nc1)N1CCOCC1. The largest absolute Gasteiger partial charge is 0.379 e. The van der Waals surface area contributed by atoms with Crippen LogP contribution in [-0.4, -0.2) is 53.4 Å². The lowest BCUT2D eigenvalue weighted by molar-refractivity contribution is 0.0730. The Bertz CT molecular complexity index is 963. The lowest BCUT2D eigenvalue weighted by Gasteiger charge is -2.25. The summed E-state index contributed by atoms with van der Waals surface area (Å²) in [6.07, 6.45) is 5.37. The van der Waals surface area contributed by atoms with E-state index in [1.807, 2.05) is 35.0 Å². The molecule has 0 amide bonds. The highest BCUT2D eigenvalue weighted by Crippen LogP contribution is 2.23. The number of morpholine rings is 1. The maximum absolute atomic E-state index is 12.6. The van der Waals surface area contributed by atoms with Crippen molar-refractivity contribution in [3.63, 3.8) is 0 Å². The molecule has 136 valence electrons. The van der Waals surface area contributed by atoms with Crippen LogP contribution in [0.15, 0.2) is 58.8 Å². The molecule has 0 aliphatic carbocycles. The Morgan fingerprint density at radius 3 is 2.73 bits per heavy atom. The van der Waals surface area contributed by atoms with Gasteiger partial charge in [-0.1, -0.05) is 17.8 Å². The van der Waals surface area contributed by atoms with Crippen molar-refractivity contribution in [1.82, 2.24) is 18.7 Å². The van der Waals surface area contributed by atoms with Gasteiger partial charge in [0.05, 0.1) is 23.9 Å². The summed E-state index contributed by atoms with van der Waals surface area (Å²) in [7, 11) is -3.50. The first kappa shape index (κ1) is 17.5. The van der Waals surface area contributed by atoms with Crippen LogP contribution in [0.25, 0.3) is 5.65 Å². The first-order valence-electron chi connectivity index (χ1n) is 8.22. The second-order valence-electron chi connectivity index (χ2n) is 5.84. The van der Waals surface area contributed by atoms with E-state index >= 15 is 0 Å². The second-order valence-corrected chi connectivity index (χ2v) is 8.77. The molecule has 1 saturated heterocycles. The van der Waals surface area contributed by atoms with Crippen molar-refractivity contribution >= 4 is 27.4 Å². The quantitative estimate of drug-likeness (QED) is 0.621. The molecule has 0 bridgehead atoms. The van der Waals surface area contributed by atoms with Crippen LogP contribution >= 0.6 is 11.8 Å². The van der Waals surface area contributed by atoms with E-state index in [-0.39, 0.29) is 4.90 Å². The molecule has 3 aromatic rings. The van der Waals surface area contributed by atoms with Crippen LogP contribution in [0.1, 0.15) is 5.69 Å². The van der Waals surface area contributed by atoms with Crippen molar-refractivity contribution in [1.29, 1.82) is 0 Å². The molecule has 0 aromatic carbocycles. The number of aromatic nitrogens is 3. The summed E-state index contributed by atoms with van der Waals surface area (Å²) in [6.45, 7) is 1.62. The number of ether oxygens (including phenoxy) is 1. The standard InChI is InChI=1S/C17H18N4O3S2/c22-26(23,21-7-9-24-10-8-21)15-4-5-17(18-11-15)25-13-14-12-20-6-2-1-3-16(20)19-14/h1-6,11-12H,7-10,13H2. The molecule has 3 aromatic heterocycles. The lowest BCUT2D eigenvalue weighted by atomic mass is 10.5. The van der Waals surface area contributed by atoms with E-state index < -0.39 is 10.0 Å². The van der Waals surface area contributed by atoms with Crippen LogP contribution in [0.2, 0.25) is 0 Å². The van der Waals surface area contributed by atoms with Gasteiger partial charge in [0.1, 0.15) is 10.5 Å². The molecule has 0 atom stereocenters. The summed E-state index contributed by atoms with van der Waals surface area (Å²) in [5.41, 5.74) is 1.86. The Morgan fingerprint density at radius 2 is 2.00 bits per heavy atom. The summed E-state index contributed by atoms with van der Waals surface area (Å²) >= 11 is 1.53. The van der Waals surface area contributed by atoms with Gasteiger partial charge in [0.25, 0.3) is 0 Å². The number of nitrogens with zero attached hydrogens (tertiary/aromatic N) is 4. The first-order valence-corrected chi connectivity index (χ1v) is 10.6. The van der Waals surface area contributed by atoms with E-state index in [4.69, 9.17) is 4.74 Å². The molecule has 0 spiro atoms. The van der Waals surface area contributed by atoms with Crippen LogP contribution in [0.3, 0.4) is 0 Å². The number of fused-ring (bicyclic) bond motifs is 1. The fourth-order valence-corrected chi connectivity index (χ4v) is 4.83. The number of rotatable bonds is 5. The number of thioether (sulfide) groups is 1. The Kier molecular flexibility index (Phi) is 4.94. The average molecular weight is 390 g/mol. The topological polar surface area (TPSA) is 76.8 Å². The van der Waals surface area contributed by atoms with Crippen molar-refractivity contribution in [2.24, 2.45) is 0 Å². The van der Waals surface area contributed by atoms with Crippen molar-refractivity contribution in [3.8, 4) is 0 Å². The van der Waals surface area contributed by atoms with Crippen molar-refractivity contribution in [2.75, 3.05) is 26.3 Å². The van der Waals surface area contributed by atoms with E-state index in [0.29, 0.717) is 32.1 Å². The van der Waals surface area contributed by atoms with E-state index in [2.05, 4.69) is 9.97 Å². The highest BCUT2D eigenvalue weighted by Gasteiger charge is 2.26. The second kappa shape index (κ2) is 7.36. The third-order valence-electron chi connectivity index (χ3n) is 4.10. The third kappa shape index (κ3) is 3.61. The van der Waals surface area contributed by atoms with Crippen LogP contribution < -0.4 is 0 Å². The van der Waals surface area contributed by atoms with Crippen LogP contribution in [0.5, 0.6) is 0 Å². The molecule has 1 fully saturated rings. The van der Waals surface area contributed by atoms with Crippen LogP contribution in [-0.2, 0) is 20.5 Å². The van der Waals surface area contributed by atoms with E-state index in [9.17, 15) is 8.42 Å². The number of imidazole rings is 1. The summed E-state index contributed by atoms with van der Waals surface area (Å²) in [4.78, 5) is 9.06. The van der Waals surface area contributed by atoms with Crippen LogP contribution in [0.4, 0.5) is 0 Å². The Hall–Kier alpha value is -1.94. The number of hydrogen-bond acceptors (Lipinski definition) is 6. The highest BCUT2D eigenvalue weighted by atomic mass is 32.2. The maximum atomic E-state index is 12.6. The summed E-state index contributed by atoms with van der Waals surface area (Å²) in [5, 5.41) is 0.767. The first-order chi connectivity index (χ1) is 12.6. The summed E-state index contributed by atoms with van der Waals surface area (Å²) < 4.78 is 33.8. The van der Waals surface area contributed by atoms with Gasteiger partial charge in [-0.3, -0.25) is 0 Å². The molecule has 1 aliphatic heterocycles. The zero-order valence-corrected chi connectivity index (χ0v) is 15.6. The predicted octanol–water partition coefficient (Wildman–Crippen LogP) is 2.04. The Morgan fingerprint density at radius 1 is 1.15 bits per heavy atom. The van der Waals surface area contributed by atoms with Crippen molar-refractivity contribution in [3.05, 3.63) is 54.6 Å². The van der Waals surface area contributed by atoms with Gasteiger partial charge in [-0.25, -0.2) is 18.4 Å². The summed E-state index contributed by atoms with van der Waals surface area (Å²) in [5.74, 6) is 0.671. The van der Waals surface area contributed by atoms with Gasteiger partial charge in [0.15, 0.2) is 0 Å². The predicted molar refractivity (Wildman–Crippen MR) is 98.6 cm³/mol. The van der Waals surface area contributed by atoms with Gasteiger partial charge in [-0.2, -0.15) is 4.31 Å². The minimum atomic E-state index is -3.50. The Labute approximate surface area is 156 Å². The van der Waals surface area contributed by atoms with Crippen molar-refractivity contribution < 1.29 is 13.2 Å². The average Bonchev–Trinajstić information content (AvgIpc) is 3.10. The molecule has 0 radical (unpaired) electrons. The molecule has 0 saturated carbocycles. The van der Waals surface area contributed by atoms with Gasteiger partial charge in [0.2, 0.25) is 10.0 Å². The fourth-order valence-electron chi connectivity index (χ4n) is 2.75. The van der Waals surface area contributed by atoms with Gasteiger partial charge >= 0.3 is 0 Å². The van der Waals surface area contributed by atoms with Gasteiger partial charge < -0.3 is 9.14 Å². The number of pyridine rings is 2. The minimum Gasteiger partial charge on any atom is -0.379 e. The molecular weight excluding hydrogens is 372 g/mol. The molecule has 4 heterocycles. The number of hydrogen-bond donors (Lipinski definition) is 0. The molecule has 4 rings (SSSR count). The molecule has 26 heavy (non-hydrogen) atoms. The van der Waals surface area contributed by atoms with Crippen LogP contribution in [0, 0.1) is 0 Å². The molecule has 0 N–H and O–H groups in total. The fraction of sp³-hybridized carbons (Fsp3) is 0.294. The van der Waals surface area contributed by atoms with E-state index in [1.54, 1.807) is 12.1 Å². The lowest BCUT2D eigenvalue weighted by Crippen LogP contribution is -2.40. The maximum Gasteiger partial charge on any atom is 0.244 e. The van der Waals surface area contributed by atoms with E-state index in [0.717, 1.165) is 16.4 Å². The Balaban J connectivity index is 1.44. The third-order valence-corrected chi connectivity index (χ3v) is 6.96. The van der Waals surface area contributed by atoms with Crippen molar-refractivity contribution in [2.45, 2.75) is 15.7 Å². The number of sulfonamides is 1. The minimum absolute atomic E-state index is 0.219. The highest BCUT2D eigenvalue weighted by molar-refractivity contribution is 7.98. The monoisotopic (exact) mass is 390 g/mol. The molecule has 9 heteroatoms. The van der Waals surface area contributed by atoms with E-state index in [1.165, 1.54) is 22.3 Å². The van der Waals surface area contributed by atoms with Gasteiger partial charge in [-0.05, 0) is 24.3 Å². The van der Waals surface area contributed by atoms with Gasteiger partial charge in [-0.15, -0.1) is 0 Å². The molecule has 7 nitrogen and oxygen atoms in total. The molecule has 0 unspecified atom stereocenters. The molecule has 1 aliphatic rings. The normalized spacial score (nSPS) is 16.2. The smallest absolute Gasteiger partial charge is 0.244 e.